The third-order valence-electron chi connectivity index (χ3n) is 4.29. The molecule has 0 aliphatic rings. The zero-order valence-electron chi connectivity index (χ0n) is 14.8. The second-order valence-electron chi connectivity index (χ2n) is 6.00. The summed E-state index contributed by atoms with van der Waals surface area (Å²) in [6.45, 7) is 2.95. The maximum absolute atomic E-state index is 12.4. The molecular weight excluding hydrogens is 318 g/mol. The lowest BCUT2D eigenvalue weighted by molar-refractivity contribution is -0.122. The van der Waals surface area contributed by atoms with Gasteiger partial charge in [-0.25, -0.2) is 4.98 Å². The first-order valence-electron chi connectivity index (χ1n) is 8.28. The molecule has 3 rings (SSSR count). The van der Waals surface area contributed by atoms with Crippen molar-refractivity contribution >= 4 is 16.9 Å². The van der Waals surface area contributed by atoms with E-state index in [1.165, 1.54) is 0 Å². The maximum atomic E-state index is 12.4. The Kier molecular flexibility index (Phi) is 5.14. The van der Waals surface area contributed by atoms with Crippen molar-refractivity contribution in [1.29, 1.82) is 0 Å². The smallest absolute Gasteiger partial charge is 0.222 e. The monoisotopic (exact) mass is 341 g/mol. The summed E-state index contributed by atoms with van der Waals surface area (Å²) in [5, 5.41) is 7.19. The summed E-state index contributed by atoms with van der Waals surface area (Å²) < 4.78 is 9.06. The number of amides is 1. The molecule has 0 radical (unpaired) electrons. The molecule has 0 saturated carbocycles. The summed E-state index contributed by atoms with van der Waals surface area (Å²) >= 11 is 0. The van der Waals surface area contributed by atoms with Crippen LogP contribution >= 0.6 is 0 Å². The lowest BCUT2D eigenvalue weighted by Crippen LogP contribution is -2.33. The van der Waals surface area contributed by atoms with E-state index in [-0.39, 0.29) is 11.9 Å². The van der Waals surface area contributed by atoms with Gasteiger partial charge in [0.05, 0.1) is 29.4 Å². The summed E-state index contributed by atoms with van der Waals surface area (Å²) in [6.07, 6.45) is 2.09. The van der Waals surface area contributed by atoms with Crippen molar-refractivity contribution in [2.75, 3.05) is 13.7 Å². The van der Waals surface area contributed by atoms with Crippen LogP contribution < -0.4 is 5.32 Å². The van der Waals surface area contributed by atoms with E-state index in [0.717, 1.165) is 22.6 Å². The summed E-state index contributed by atoms with van der Waals surface area (Å²) in [6, 6.07) is 9.63. The number of hydrogen-bond donors (Lipinski definition) is 1. The molecule has 0 unspecified atom stereocenters. The Bertz CT molecular complexity index is 867. The van der Waals surface area contributed by atoms with Crippen molar-refractivity contribution in [1.82, 2.24) is 24.6 Å². The summed E-state index contributed by atoms with van der Waals surface area (Å²) in [5.41, 5.74) is 2.92. The Morgan fingerprint density at radius 2 is 2.12 bits per heavy atom. The van der Waals surface area contributed by atoms with E-state index in [0.29, 0.717) is 19.6 Å². The number of ether oxygens (including phenoxy) is 1. The Balaban J connectivity index is 1.67. The first-order chi connectivity index (χ1) is 12.1. The van der Waals surface area contributed by atoms with Crippen molar-refractivity contribution < 1.29 is 9.53 Å². The highest BCUT2D eigenvalue weighted by molar-refractivity contribution is 5.78. The fourth-order valence-electron chi connectivity index (χ4n) is 3.05. The number of hydrogen-bond acceptors (Lipinski definition) is 4. The van der Waals surface area contributed by atoms with Crippen LogP contribution in [-0.4, -0.2) is 39.0 Å². The lowest BCUT2D eigenvalue weighted by atomic mass is 10.2. The zero-order valence-corrected chi connectivity index (χ0v) is 14.8. The normalized spacial score (nSPS) is 12.4. The van der Waals surface area contributed by atoms with Gasteiger partial charge >= 0.3 is 0 Å². The molecule has 0 saturated heterocycles. The number of imidazole rings is 1. The Labute approximate surface area is 146 Å². The number of nitrogens with zero attached hydrogens (tertiary/aromatic N) is 4. The number of nitrogens with one attached hydrogen (secondary N) is 1. The molecule has 1 atom stereocenters. The van der Waals surface area contributed by atoms with Crippen molar-refractivity contribution in [2.45, 2.75) is 25.9 Å². The van der Waals surface area contributed by atoms with Gasteiger partial charge in [0.2, 0.25) is 5.91 Å². The molecule has 0 spiro atoms. The van der Waals surface area contributed by atoms with Crippen molar-refractivity contribution in [3.05, 3.63) is 48.0 Å². The number of para-hydroxylation sites is 2. The highest BCUT2D eigenvalue weighted by Crippen LogP contribution is 2.16. The van der Waals surface area contributed by atoms with E-state index in [2.05, 4.69) is 20.0 Å². The van der Waals surface area contributed by atoms with Crippen molar-refractivity contribution in [3.63, 3.8) is 0 Å². The van der Waals surface area contributed by atoms with Crippen LogP contribution in [-0.2, 0) is 23.1 Å². The number of carbonyl (C=O) groups is 1. The van der Waals surface area contributed by atoms with Gasteiger partial charge in [-0.05, 0) is 25.1 Å². The minimum absolute atomic E-state index is 0.0274. The molecule has 25 heavy (non-hydrogen) atoms. The van der Waals surface area contributed by atoms with Crippen LogP contribution in [0.15, 0.2) is 36.5 Å². The van der Waals surface area contributed by atoms with Gasteiger partial charge in [-0.3, -0.25) is 9.48 Å². The van der Waals surface area contributed by atoms with Gasteiger partial charge in [-0.15, -0.1) is 0 Å². The first-order valence-corrected chi connectivity index (χ1v) is 8.28. The fraction of sp³-hybridized carbons (Fsp3) is 0.389. The Morgan fingerprint density at radius 1 is 1.32 bits per heavy atom. The molecule has 7 heteroatoms. The minimum atomic E-state index is -0.217. The number of benzene rings is 1. The summed E-state index contributed by atoms with van der Waals surface area (Å²) in [7, 11) is 3.47. The largest absolute Gasteiger partial charge is 0.382 e. The predicted molar refractivity (Wildman–Crippen MR) is 95.1 cm³/mol. The molecule has 0 fully saturated rings. The van der Waals surface area contributed by atoms with Crippen LogP contribution in [0.5, 0.6) is 0 Å². The molecule has 0 bridgehead atoms. The second-order valence-corrected chi connectivity index (χ2v) is 6.00. The number of aromatic nitrogens is 4. The van der Waals surface area contributed by atoms with Gasteiger partial charge in [0.1, 0.15) is 5.82 Å². The number of aryl methyl sites for hydroxylation is 3. The average molecular weight is 341 g/mol. The Morgan fingerprint density at radius 3 is 2.84 bits per heavy atom. The van der Waals surface area contributed by atoms with Gasteiger partial charge in [0.15, 0.2) is 0 Å². The maximum Gasteiger partial charge on any atom is 0.222 e. The van der Waals surface area contributed by atoms with Crippen molar-refractivity contribution in [3.8, 4) is 0 Å². The molecule has 2 aromatic heterocycles. The highest BCUT2D eigenvalue weighted by atomic mass is 16.5. The van der Waals surface area contributed by atoms with Gasteiger partial charge in [0, 0.05) is 33.3 Å². The molecule has 0 aliphatic carbocycles. The number of fused-ring (bicyclic) bond motifs is 1. The molecule has 1 N–H and O–H groups in total. The van der Waals surface area contributed by atoms with Crippen LogP contribution in [0.4, 0.5) is 0 Å². The third-order valence-corrected chi connectivity index (χ3v) is 4.29. The van der Waals surface area contributed by atoms with Crippen LogP contribution in [0.3, 0.4) is 0 Å². The zero-order chi connectivity index (χ0) is 17.8. The van der Waals surface area contributed by atoms with Crippen LogP contribution in [0.2, 0.25) is 0 Å². The van der Waals surface area contributed by atoms with E-state index in [4.69, 9.17) is 4.74 Å². The average Bonchev–Trinajstić information content (AvgIpc) is 3.15. The second kappa shape index (κ2) is 7.48. The molecule has 132 valence electrons. The number of rotatable bonds is 7. The SMILES string of the molecule is COC[C@H](NC(=O)CCn1c(C)nc2ccccc21)c1ccnn1C. The van der Waals surface area contributed by atoms with Gasteiger partial charge < -0.3 is 14.6 Å². The number of carbonyl (C=O) groups excluding carboxylic acids is 1. The summed E-state index contributed by atoms with van der Waals surface area (Å²) in [4.78, 5) is 17.0. The first kappa shape index (κ1) is 17.2. The van der Waals surface area contributed by atoms with Crippen LogP contribution in [0.1, 0.15) is 24.0 Å². The molecule has 0 aliphatic heterocycles. The highest BCUT2D eigenvalue weighted by Gasteiger charge is 2.18. The third kappa shape index (κ3) is 3.71. The van der Waals surface area contributed by atoms with Crippen LogP contribution in [0.25, 0.3) is 11.0 Å². The van der Waals surface area contributed by atoms with E-state index in [9.17, 15) is 4.79 Å². The van der Waals surface area contributed by atoms with Gasteiger partial charge in [-0.1, -0.05) is 12.1 Å². The number of methoxy groups -OCH3 is 1. The van der Waals surface area contributed by atoms with E-state index < -0.39 is 0 Å². The van der Waals surface area contributed by atoms with E-state index in [1.807, 2.05) is 44.3 Å². The molecule has 1 aromatic carbocycles. The lowest BCUT2D eigenvalue weighted by Gasteiger charge is -2.18. The van der Waals surface area contributed by atoms with E-state index >= 15 is 0 Å². The molecule has 7 nitrogen and oxygen atoms in total. The standard InChI is InChI=1S/C18H23N5O2/c1-13-20-14-6-4-5-7-17(14)23(13)11-9-18(24)21-15(12-25-3)16-8-10-19-22(16)2/h4-8,10,15H,9,11-12H2,1-3H3,(H,21,24)/t15-/m0/s1. The van der Waals surface area contributed by atoms with Crippen LogP contribution in [0, 0.1) is 6.92 Å². The quantitative estimate of drug-likeness (QED) is 0.713. The molecular formula is C18H23N5O2. The van der Waals surface area contributed by atoms with Crippen molar-refractivity contribution in [2.24, 2.45) is 7.05 Å². The fourth-order valence-corrected chi connectivity index (χ4v) is 3.05. The van der Waals surface area contributed by atoms with Gasteiger partial charge in [-0.2, -0.15) is 5.10 Å². The Hall–Kier alpha value is -2.67. The predicted octanol–water partition coefficient (Wildman–Crippen LogP) is 1.97. The summed E-state index contributed by atoms with van der Waals surface area (Å²) in [5.74, 6) is 0.884. The molecule has 3 aromatic rings. The van der Waals surface area contributed by atoms with Gasteiger partial charge in [0.25, 0.3) is 0 Å². The minimum Gasteiger partial charge on any atom is -0.382 e. The van der Waals surface area contributed by atoms with E-state index in [1.54, 1.807) is 18.0 Å². The molecule has 2 heterocycles. The molecule has 1 amide bonds. The topological polar surface area (TPSA) is 74.0 Å².